The fourth-order valence-electron chi connectivity index (χ4n) is 1.87. The van der Waals surface area contributed by atoms with Gasteiger partial charge in [-0.2, -0.15) is 0 Å². The lowest BCUT2D eigenvalue weighted by Crippen LogP contribution is -2.15. The predicted octanol–water partition coefficient (Wildman–Crippen LogP) is 1.72. The lowest BCUT2D eigenvalue weighted by molar-refractivity contribution is 0.0998. The molecule has 0 radical (unpaired) electrons. The van der Waals surface area contributed by atoms with Gasteiger partial charge in [-0.05, 0) is 30.0 Å². The molecule has 3 heteroatoms. The number of benzene rings is 1. The first-order valence-corrected chi connectivity index (χ1v) is 5.05. The molecule has 15 heavy (non-hydrogen) atoms. The first-order chi connectivity index (χ1) is 7.15. The van der Waals surface area contributed by atoms with Crippen molar-refractivity contribution in [3.63, 3.8) is 0 Å². The average molecular weight is 205 g/mol. The van der Waals surface area contributed by atoms with Crippen LogP contribution in [0.25, 0.3) is 0 Å². The summed E-state index contributed by atoms with van der Waals surface area (Å²) in [6.45, 7) is 3.92. The van der Waals surface area contributed by atoms with Crippen molar-refractivity contribution in [2.45, 2.75) is 26.7 Å². The Labute approximate surface area is 89.3 Å². The minimum Gasteiger partial charge on any atom is -0.366 e. The minimum atomic E-state index is -0.431. The Morgan fingerprint density at radius 1 is 1.27 bits per heavy atom. The van der Waals surface area contributed by atoms with E-state index in [1.54, 1.807) is 12.1 Å². The monoisotopic (exact) mass is 205 g/mol. The molecule has 0 saturated heterocycles. The van der Waals surface area contributed by atoms with Gasteiger partial charge in [-0.1, -0.05) is 19.9 Å². The summed E-state index contributed by atoms with van der Waals surface area (Å²) in [6, 6.07) is 3.29. The summed E-state index contributed by atoms with van der Waals surface area (Å²) in [5.74, 6) is -0.431. The summed E-state index contributed by atoms with van der Waals surface area (Å²) in [5.41, 5.74) is 8.29. The van der Waals surface area contributed by atoms with E-state index in [0.717, 1.165) is 23.8 Å². The molecule has 3 nitrogen and oxygen atoms in total. The van der Waals surface area contributed by atoms with Crippen molar-refractivity contribution >= 4 is 12.2 Å². The molecule has 1 aromatic carbocycles. The molecule has 0 aliphatic heterocycles. The number of primary amides is 1. The van der Waals surface area contributed by atoms with E-state index in [9.17, 15) is 9.59 Å². The van der Waals surface area contributed by atoms with Crippen LogP contribution in [0.2, 0.25) is 0 Å². The number of aldehydes is 1. The van der Waals surface area contributed by atoms with Crippen LogP contribution in [-0.4, -0.2) is 12.2 Å². The lowest BCUT2D eigenvalue weighted by Gasteiger charge is -2.12. The van der Waals surface area contributed by atoms with Crippen LogP contribution in [0.4, 0.5) is 0 Å². The number of hydrogen-bond donors (Lipinski definition) is 1. The Hall–Kier alpha value is -1.64. The van der Waals surface area contributed by atoms with Gasteiger partial charge in [-0.3, -0.25) is 9.59 Å². The summed E-state index contributed by atoms with van der Waals surface area (Å²) in [4.78, 5) is 22.0. The van der Waals surface area contributed by atoms with E-state index in [0.29, 0.717) is 17.5 Å². The number of carbonyl (C=O) groups is 2. The third-order valence-electron chi connectivity index (χ3n) is 2.57. The summed E-state index contributed by atoms with van der Waals surface area (Å²) < 4.78 is 0. The van der Waals surface area contributed by atoms with Gasteiger partial charge in [0.25, 0.3) is 0 Å². The van der Waals surface area contributed by atoms with Crippen molar-refractivity contribution in [2.24, 2.45) is 5.73 Å². The largest absolute Gasteiger partial charge is 0.366 e. The second-order valence-corrected chi connectivity index (χ2v) is 3.35. The van der Waals surface area contributed by atoms with Crippen LogP contribution in [0.3, 0.4) is 0 Å². The molecule has 0 fully saturated rings. The smallest absolute Gasteiger partial charge is 0.248 e. The normalized spacial score (nSPS) is 10.0. The first kappa shape index (κ1) is 11.4. The summed E-state index contributed by atoms with van der Waals surface area (Å²) >= 11 is 0. The highest BCUT2D eigenvalue weighted by atomic mass is 16.1. The predicted molar refractivity (Wildman–Crippen MR) is 59.1 cm³/mol. The molecule has 0 bridgehead atoms. The van der Waals surface area contributed by atoms with Gasteiger partial charge < -0.3 is 5.73 Å². The molecule has 0 saturated carbocycles. The second kappa shape index (κ2) is 4.73. The van der Waals surface area contributed by atoms with Crippen molar-refractivity contribution in [1.29, 1.82) is 0 Å². The van der Waals surface area contributed by atoms with Gasteiger partial charge in [-0.25, -0.2) is 0 Å². The van der Waals surface area contributed by atoms with Crippen LogP contribution in [-0.2, 0) is 12.8 Å². The highest BCUT2D eigenvalue weighted by Crippen LogP contribution is 2.19. The Bertz CT molecular complexity index is 397. The molecule has 0 heterocycles. The maximum Gasteiger partial charge on any atom is 0.248 e. The zero-order chi connectivity index (χ0) is 11.4. The standard InChI is InChI=1S/C12H15NO2/c1-3-9-8(7-14)5-6-11(12(13)15)10(9)4-2/h5-7H,3-4H2,1-2H3,(H2,13,15). The second-order valence-electron chi connectivity index (χ2n) is 3.35. The molecule has 1 rings (SSSR count). The average Bonchev–Trinajstić information content (AvgIpc) is 2.26. The third-order valence-corrected chi connectivity index (χ3v) is 2.57. The molecule has 0 aliphatic rings. The highest BCUT2D eigenvalue weighted by molar-refractivity contribution is 5.96. The van der Waals surface area contributed by atoms with E-state index in [1.807, 2.05) is 13.8 Å². The maximum absolute atomic E-state index is 11.2. The molecule has 80 valence electrons. The van der Waals surface area contributed by atoms with Gasteiger partial charge in [0.2, 0.25) is 5.91 Å². The van der Waals surface area contributed by atoms with Gasteiger partial charge in [0.1, 0.15) is 6.29 Å². The molecule has 1 amide bonds. The Morgan fingerprint density at radius 2 is 1.87 bits per heavy atom. The lowest BCUT2D eigenvalue weighted by atomic mass is 9.93. The van der Waals surface area contributed by atoms with Gasteiger partial charge in [0.15, 0.2) is 0 Å². The third kappa shape index (κ3) is 2.06. The van der Waals surface area contributed by atoms with Crippen molar-refractivity contribution < 1.29 is 9.59 Å². The highest BCUT2D eigenvalue weighted by Gasteiger charge is 2.13. The van der Waals surface area contributed by atoms with Crippen LogP contribution in [0.1, 0.15) is 45.7 Å². The molecule has 0 aliphatic carbocycles. The van der Waals surface area contributed by atoms with Crippen LogP contribution < -0.4 is 5.73 Å². The number of nitrogens with two attached hydrogens (primary N) is 1. The number of rotatable bonds is 4. The molecular weight excluding hydrogens is 190 g/mol. The van der Waals surface area contributed by atoms with Gasteiger partial charge in [0, 0.05) is 11.1 Å². The summed E-state index contributed by atoms with van der Waals surface area (Å²) in [7, 11) is 0. The van der Waals surface area contributed by atoms with Crippen LogP contribution in [0, 0.1) is 0 Å². The van der Waals surface area contributed by atoms with E-state index in [4.69, 9.17) is 5.73 Å². The topological polar surface area (TPSA) is 60.2 Å². The Kier molecular flexibility index (Phi) is 3.61. The fraction of sp³-hybridized carbons (Fsp3) is 0.333. The maximum atomic E-state index is 11.2. The van der Waals surface area contributed by atoms with Crippen molar-refractivity contribution in [3.05, 3.63) is 34.4 Å². The summed E-state index contributed by atoms with van der Waals surface area (Å²) in [6.07, 6.45) is 2.27. The first-order valence-electron chi connectivity index (χ1n) is 5.05. The molecule has 0 unspecified atom stereocenters. The molecule has 0 atom stereocenters. The molecule has 0 aromatic heterocycles. The molecule has 2 N–H and O–H groups in total. The number of hydrogen-bond acceptors (Lipinski definition) is 2. The van der Waals surface area contributed by atoms with Crippen LogP contribution >= 0.6 is 0 Å². The Balaban J connectivity index is 3.47. The van der Waals surface area contributed by atoms with E-state index < -0.39 is 5.91 Å². The van der Waals surface area contributed by atoms with E-state index in [2.05, 4.69) is 0 Å². The minimum absolute atomic E-state index is 0.431. The van der Waals surface area contributed by atoms with E-state index >= 15 is 0 Å². The zero-order valence-corrected chi connectivity index (χ0v) is 9.04. The van der Waals surface area contributed by atoms with Crippen LogP contribution in [0.5, 0.6) is 0 Å². The quantitative estimate of drug-likeness (QED) is 0.761. The summed E-state index contributed by atoms with van der Waals surface area (Å²) in [5, 5.41) is 0. The van der Waals surface area contributed by atoms with Crippen molar-refractivity contribution in [2.75, 3.05) is 0 Å². The van der Waals surface area contributed by atoms with Crippen molar-refractivity contribution in [3.8, 4) is 0 Å². The zero-order valence-electron chi connectivity index (χ0n) is 9.04. The molecule has 0 spiro atoms. The molecule has 1 aromatic rings. The SMILES string of the molecule is CCc1c(C=O)ccc(C(N)=O)c1CC. The van der Waals surface area contributed by atoms with Crippen molar-refractivity contribution in [1.82, 2.24) is 0 Å². The van der Waals surface area contributed by atoms with Gasteiger partial charge >= 0.3 is 0 Å². The van der Waals surface area contributed by atoms with Gasteiger partial charge in [0.05, 0.1) is 0 Å². The number of amides is 1. The van der Waals surface area contributed by atoms with E-state index in [-0.39, 0.29) is 0 Å². The van der Waals surface area contributed by atoms with Gasteiger partial charge in [-0.15, -0.1) is 0 Å². The van der Waals surface area contributed by atoms with E-state index in [1.165, 1.54) is 0 Å². The Morgan fingerprint density at radius 3 is 2.27 bits per heavy atom. The van der Waals surface area contributed by atoms with Crippen LogP contribution in [0.15, 0.2) is 12.1 Å². The number of carbonyl (C=O) groups excluding carboxylic acids is 2. The molecular formula is C12H15NO2. The fourth-order valence-corrected chi connectivity index (χ4v) is 1.87.